The number of carbonyl (C=O) groups excluding carboxylic acids is 1. The van der Waals surface area contributed by atoms with Crippen molar-refractivity contribution in [3.05, 3.63) is 58.7 Å². The Morgan fingerprint density at radius 1 is 0.889 bits per heavy atom. The molecule has 0 radical (unpaired) electrons. The minimum absolute atomic E-state index is 0.0647. The fourth-order valence-corrected chi connectivity index (χ4v) is 4.23. The van der Waals surface area contributed by atoms with Crippen LogP contribution in [0.3, 0.4) is 0 Å². The fourth-order valence-electron chi connectivity index (χ4n) is 4.23. The summed E-state index contributed by atoms with van der Waals surface area (Å²) in [5.74, 6) is 2.24. The summed E-state index contributed by atoms with van der Waals surface area (Å²) in [5, 5.41) is 0. The van der Waals surface area contributed by atoms with Crippen molar-refractivity contribution in [1.82, 2.24) is 0 Å². The number of aryl methyl sites for hydroxylation is 2. The van der Waals surface area contributed by atoms with Crippen LogP contribution in [0, 0.1) is 25.7 Å². The summed E-state index contributed by atoms with van der Waals surface area (Å²) in [5.41, 5.74) is 4.91. The predicted octanol–water partition coefficient (Wildman–Crippen LogP) is 5.09. The zero-order chi connectivity index (χ0) is 19.4. The van der Waals surface area contributed by atoms with Gasteiger partial charge in [0.15, 0.2) is 0 Å². The molecule has 3 nitrogen and oxygen atoms in total. The summed E-state index contributed by atoms with van der Waals surface area (Å²) in [6.45, 7) is 4.25. The van der Waals surface area contributed by atoms with Gasteiger partial charge in [-0.3, -0.25) is 4.79 Å². The van der Waals surface area contributed by atoms with Gasteiger partial charge >= 0.3 is 0 Å². The van der Waals surface area contributed by atoms with Gasteiger partial charge in [-0.2, -0.15) is 0 Å². The monoisotopic (exact) mass is 366 g/mol. The molecule has 0 saturated heterocycles. The van der Waals surface area contributed by atoms with Crippen LogP contribution in [0.2, 0.25) is 0 Å². The Labute approximate surface area is 162 Å². The van der Waals surface area contributed by atoms with E-state index in [9.17, 15) is 4.79 Å². The van der Waals surface area contributed by atoms with Crippen LogP contribution in [-0.4, -0.2) is 20.0 Å². The molecular formula is C24H30O3. The molecule has 1 fully saturated rings. The van der Waals surface area contributed by atoms with Crippen LogP contribution in [0.4, 0.5) is 0 Å². The van der Waals surface area contributed by atoms with Gasteiger partial charge in [0, 0.05) is 11.8 Å². The molecule has 0 heterocycles. The second-order valence-corrected chi connectivity index (χ2v) is 7.74. The van der Waals surface area contributed by atoms with Crippen molar-refractivity contribution in [1.29, 1.82) is 0 Å². The van der Waals surface area contributed by atoms with Crippen molar-refractivity contribution < 1.29 is 14.3 Å². The van der Waals surface area contributed by atoms with Crippen molar-refractivity contribution in [3.63, 3.8) is 0 Å². The van der Waals surface area contributed by atoms with E-state index in [2.05, 4.69) is 32.0 Å². The molecule has 2 aromatic carbocycles. The number of ether oxygens (including phenoxy) is 2. The van der Waals surface area contributed by atoms with Gasteiger partial charge in [-0.25, -0.2) is 0 Å². The van der Waals surface area contributed by atoms with Gasteiger partial charge in [0.2, 0.25) is 0 Å². The number of Topliss-reactive ketones (excluding diaryl/α,β-unsaturated/α-hetero) is 1. The second-order valence-electron chi connectivity index (χ2n) is 7.74. The van der Waals surface area contributed by atoms with Gasteiger partial charge in [-0.1, -0.05) is 30.2 Å². The highest BCUT2D eigenvalue weighted by atomic mass is 16.5. The average Bonchev–Trinajstić information content (AvgIpc) is 2.67. The molecule has 3 heteroatoms. The topological polar surface area (TPSA) is 35.5 Å². The highest BCUT2D eigenvalue weighted by Gasteiger charge is 2.32. The molecule has 3 rings (SSSR count). The maximum Gasteiger partial charge on any atom is 0.139 e. The lowest BCUT2D eigenvalue weighted by Crippen LogP contribution is -2.31. The molecule has 27 heavy (non-hydrogen) atoms. The summed E-state index contributed by atoms with van der Waals surface area (Å²) < 4.78 is 10.9. The van der Waals surface area contributed by atoms with E-state index in [0.29, 0.717) is 5.78 Å². The Hall–Kier alpha value is -2.29. The fraction of sp³-hybridized carbons (Fsp3) is 0.458. The Morgan fingerprint density at radius 2 is 1.59 bits per heavy atom. The zero-order valence-electron chi connectivity index (χ0n) is 16.9. The van der Waals surface area contributed by atoms with Gasteiger partial charge in [-0.05, 0) is 74.4 Å². The minimum Gasteiger partial charge on any atom is -0.497 e. The van der Waals surface area contributed by atoms with E-state index in [-0.39, 0.29) is 11.8 Å². The molecule has 1 aliphatic rings. The molecule has 1 saturated carbocycles. The normalized spacial score (nSPS) is 19.8. The third kappa shape index (κ3) is 4.52. The van der Waals surface area contributed by atoms with Crippen molar-refractivity contribution in [2.45, 2.75) is 46.0 Å². The van der Waals surface area contributed by atoms with E-state index in [1.54, 1.807) is 14.2 Å². The van der Waals surface area contributed by atoms with Crippen LogP contribution in [0.25, 0.3) is 0 Å². The maximum absolute atomic E-state index is 13.2. The Kier molecular flexibility index (Phi) is 6.20. The number of benzene rings is 2. The van der Waals surface area contributed by atoms with Crippen LogP contribution < -0.4 is 9.47 Å². The Bertz CT molecular complexity index is 809. The number of hydrogen-bond acceptors (Lipinski definition) is 3. The maximum atomic E-state index is 13.2. The zero-order valence-corrected chi connectivity index (χ0v) is 16.9. The first-order chi connectivity index (χ1) is 13.0. The lowest BCUT2D eigenvalue weighted by atomic mass is 9.74. The Balaban J connectivity index is 1.76. The standard InChI is InChI=1S/C24H30O3/c1-16-8-9-17(2)20(12-16)13-18-6-5-7-19(24(18)25)14-21-15-22(26-3)10-11-23(21)27-4/h8-12,15,18-19H,5-7,13-14H2,1-4H3/t18-,19-/m0/s1. The van der Waals surface area contributed by atoms with Crippen LogP contribution in [0.5, 0.6) is 11.5 Å². The van der Waals surface area contributed by atoms with Gasteiger partial charge in [0.05, 0.1) is 14.2 Å². The SMILES string of the molecule is COc1ccc(OC)c(C[C@@H]2CCC[C@@H](Cc3cc(C)ccc3C)C2=O)c1. The van der Waals surface area contributed by atoms with E-state index >= 15 is 0 Å². The number of rotatable bonds is 6. The largest absolute Gasteiger partial charge is 0.497 e. The molecule has 0 aromatic heterocycles. The molecule has 144 valence electrons. The molecule has 0 N–H and O–H groups in total. The average molecular weight is 367 g/mol. The minimum atomic E-state index is 0.0647. The quantitative estimate of drug-likeness (QED) is 0.714. The van der Waals surface area contributed by atoms with Crippen LogP contribution >= 0.6 is 0 Å². The summed E-state index contributed by atoms with van der Waals surface area (Å²) in [6.07, 6.45) is 4.65. The molecular weight excluding hydrogens is 336 g/mol. The van der Waals surface area contributed by atoms with Gasteiger partial charge in [0.1, 0.15) is 17.3 Å². The molecule has 0 aliphatic heterocycles. The lowest BCUT2D eigenvalue weighted by molar-refractivity contribution is -0.129. The molecule has 2 atom stereocenters. The third-order valence-electron chi connectivity index (χ3n) is 5.83. The third-order valence-corrected chi connectivity index (χ3v) is 5.83. The van der Waals surface area contributed by atoms with Crippen molar-refractivity contribution in [3.8, 4) is 11.5 Å². The predicted molar refractivity (Wildman–Crippen MR) is 109 cm³/mol. The van der Waals surface area contributed by atoms with Crippen molar-refractivity contribution >= 4 is 5.78 Å². The first-order valence-electron chi connectivity index (χ1n) is 9.82. The number of ketones is 1. The van der Waals surface area contributed by atoms with Gasteiger partial charge in [-0.15, -0.1) is 0 Å². The van der Waals surface area contributed by atoms with Crippen LogP contribution in [-0.2, 0) is 17.6 Å². The highest BCUT2D eigenvalue weighted by molar-refractivity contribution is 5.84. The number of carbonyl (C=O) groups is 1. The van der Waals surface area contributed by atoms with Gasteiger partial charge in [0.25, 0.3) is 0 Å². The summed E-state index contributed by atoms with van der Waals surface area (Å²) >= 11 is 0. The first-order valence-corrected chi connectivity index (χ1v) is 9.82. The second kappa shape index (κ2) is 8.60. The van der Waals surface area contributed by atoms with E-state index < -0.39 is 0 Å². The van der Waals surface area contributed by atoms with Crippen LogP contribution in [0.15, 0.2) is 36.4 Å². The lowest BCUT2D eigenvalue weighted by Gasteiger charge is -2.29. The van der Waals surface area contributed by atoms with Crippen molar-refractivity contribution in [2.75, 3.05) is 14.2 Å². The van der Waals surface area contributed by atoms with Gasteiger partial charge < -0.3 is 9.47 Å². The molecule has 0 unspecified atom stereocenters. The summed E-state index contributed by atoms with van der Waals surface area (Å²) in [7, 11) is 3.34. The molecule has 1 aliphatic carbocycles. The molecule has 0 spiro atoms. The Morgan fingerprint density at radius 3 is 2.26 bits per heavy atom. The summed E-state index contributed by atoms with van der Waals surface area (Å²) in [6, 6.07) is 12.4. The van der Waals surface area contributed by atoms with E-state index in [4.69, 9.17) is 9.47 Å². The van der Waals surface area contributed by atoms with E-state index in [1.807, 2.05) is 18.2 Å². The van der Waals surface area contributed by atoms with Crippen molar-refractivity contribution in [2.24, 2.45) is 11.8 Å². The highest BCUT2D eigenvalue weighted by Crippen LogP contribution is 2.34. The number of methoxy groups -OCH3 is 2. The number of hydrogen-bond donors (Lipinski definition) is 0. The van der Waals surface area contributed by atoms with E-state index in [1.165, 1.54) is 16.7 Å². The first kappa shape index (κ1) is 19.5. The molecule has 0 bridgehead atoms. The van der Waals surface area contributed by atoms with Crippen LogP contribution in [0.1, 0.15) is 41.5 Å². The van der Waals surface area contributed by atoms with E-state index in [0.717, 1.165) is 49.2 Å². The molecule has 0 amide bonds. The summed E-state index contributed by atoms with van der Waals surface area (Å²) in [4.78, 5) is 13.2. The molecule has 2 aromatic rings. The smallest absolute Gasteiger partial charge is 0.139 e.